The molecule has 0 bridgehead atoms. The summed E-state index contributed by atoms with van der Waals surface area (Å²) < 4.78 is 34.7. The highest BCUT2D eigenvalue weighted by molar-refractivity contribution is 6.28. The van der Waals surface area contributed by atoms with Gasteiger partial charge in [0, 0.05) is 25.6 Å². The number of nitrogens with one attached hydrogen (secondary N) is 1. The van der Waals surface area contributed by atoms with Crippen LogP contribution in [0.3, 0.4) is 0 Å². The third kappa shape index (κ3) is 5.04. The number of halogens is 3. The highest BCUT2D eigenvalue weighted by atomic mass is 35.5. The summed E-state index contributed by atoms with van der Waals surface area (Å²) in [6.07, 6.45) is 0.391. The van der Waals surface area contributed by atoms with Gasteiger partial charge in [-0.2, -0.15) is 9.78 Å². The second-order valence-corrected chi connectivity index (χ2v) is 7.74. The Kier molecular flexibility index (Phi) is 7.12. The maximum atomic E-state index is 13.8. The summed E-state index contributed by atoms with van der Waals surface area (Å²) in [7, 11) is 0. The van der Waals surface area contributed by atoms with Crippen molar-refractivity contribution in [2.24, 2.45) is 0 Å². The Morgan fingerprint density at radius 3 is 2.74 bits per heavy atom. The molecule has 3 aromatic heterocycles. The van der Waals surface area contributed by atoms with Crippen LogP contribution in [0.5, 0.6) is 0 Å². The third-order valence-electron chi connectivity index (χ3n) is 5.09. The Bertz CT molecular complexity index is 1430. The fraction of sp³-hybridized carbons (Fsp3) is 0.400. The van der Waals surface area contributed by atoms with Crippen LogP contribution in [-0.4, -0.2) is 52.5 Å². The van der Waals surface area contributed by atoms with E-state index < -0.39 is 22.9 Å². The Hall–Kier alpha value is -3.45. The van der Waals surface area contributed by atoms with Gasteiger partial charge in [-0.3, -0.25) is 13.9 Å². The van der Waals surface area contributed by atoms with Gasteiger partial charge >= 0.3 is 5.69 Å². The van der Waals surface area contributed by atoms with Gasteiger partial charge in [-0.1, -0.05) is 6.07 Å². The topological polar surface area (TPSA) is 126 Å². The number of hydrogen-bond donors (Lipinski definition) is 1. The van der Waals surface area contributed by atoms with Crippen LogP contribution in [0.15, 0.2) is 27.8 Å². The van der Waals surface area contributed by atoms with Gasteiger partial charge in [0.15, 0.2) is 17.0 Å². The van der Waals surface area contributed by atoms with Crippen LogP contribution in [0.4, 0.5) is 8.78 Å². The van der Waals surface area contributed by atoms with E-state index >= 15 is 0 Å². The van der Waals surface area contributed by atoms with Crippen molar-refractivity contribution in [3.05, 3.63) is 67.3 Å². The molecule has 0 fully saturated rings. The van der Waals surface area contributed by atoms with E-state index in [-0.39, 0.29) is 60.5 Å². The number of tetrazole rings is 1. The van der Waals surface area contributed by atoms with Crippen molar-refractivity contribution in [2.45, 2.75) is 39.4 Å². The normalized spacial score (nSPS) is 11.5. The fourth-order valence-electron chi connectivity index (χ4n) is 3.48. The highest BCUT2D eigenvalue weighted by Crippen LogP contribution is 2.12. The molecule has 0 radical (unpaired) electrons. The molecule has 34 heavy (non-hydrogen) atoms. The van der Waals surface area contributed by atoms with Crippen molar-refractivity contribution in [2.75, 3.05) is 13.2 Å². The quantitative estimate of drug-likeness (QED) is 0.262. The SMILES string of the molecule is CCOCCn1c(=O)n(CCCn2nnc(Cc3ccc(F)cc3F)n2)c(=O)c2[nH]c(Cl)nc21. The Morgan fingerprint density at radius 2 is 1.97 bits per heavy atom. The molecule has 4 aromatic rings. The van der Waals surface area contributed by atoms with Crippen LogP contribution in [0.1, 0.15) is 24.7 Å². The van der Waals surface area contributed by atoms with Crippen LogP contribution in [-0.2, 0) is 30.8 Å². The van der Waals surface area contributed by atoms with Crippen molar-refractivity contribution in [3.63, 3.8) is 0 Å². The molecule has 0 aliphatic heterocycles. The molecule has 0 saturated heterocycles. The van der Waals surface area contributed by atoms with Crippen molar-refractivity contribution < 1.29 is 13.5 Å². The van der Waals surface area contributed by atoms with Crippen molar-refractivity contribution in [1.29, 1.82) is 0 Å². The van der Waals surface area contributed by atoms with Crippen LogP contribution in [0, 0.1) is 11.6 Å². The summed E-state index contributed by atoms with van der Waals surface area (Å²) in [5, 5.41) is 12.0. The monoisotopic (exact) mass is 494 g/mol. The van der Waals surface area contributed by atoms with E-state index in [1.807, 2.05) is 6.92 Å². The first-order valence-corrected chi connectivity index (χ1v) is 10.9. The molecule has 1 aromatic carbocycles. The van der Waals surface area contributed by atoms with E-state index in [1.54, 1.807) is 0 Å². The van der Waals surface area contributed by atoms with Gasteiger partial charge in [-0.15, -0.1) is 10.2 Å². The van der Waals surface area contributed by atoms with Crippen LogP contribution < -0.4 is 11.2 Å². The second-order valence-electron chi connectivity index (χ2n) is 7.38. The summed E-state index contributed by atoms with van der Waals surface area (Å²) in [5.41, 5.74) is -0.521. The molecular weight excluding hydrogens is 474 g/mol. The van der Waals surface area contributed by atoms with Crippen LogP contribution >= 0.6 is 11.6 Å². The molecule has 14 heteroatoms. The maximum Gasteiger partial charge on any atom is 0.332 e. The number of fused-ring (bicyclic) bond motifs is 1. The first-order valence-electron chi connectivity index (χ1n) is 10.5. The number of nitrogens with zero attached hydrogens (tertiary/aromatic N) is 7. The molecule has 0 aliphatic rings. The fourth-order valence-corrected chi connectivity index (χ4v) is 3.66. The van der Waals surface area contributed by atoms with Crippen molar-refractivity contribution >= 4 is 22.8 Å². The van der Waals surface area contributed by atoms with Crippen molar-refractivity contribution in [1.82, 2.24) is 39.3 Å². The lowest BCUT2D eigenvalue weighted by atomic mass is 10.1. The first-order chi connectivity index (χ1) is 16.4. The second kappa shape index (κ2) is 10.2. The summed E-state index contributed by atoms with van der Waals surface area (Å²) >= 11 is 5.92. The predicted octanol–water partition coefficient (Wildman–Crippen LogP) is 1.52. The predicted molar refractivity (Wildman–Crippen MR) is 118 cm³/mol. The van der Waals surface area contributed by atoms with Crippen molar-refractivity contribution in [3.8, 4) is 0 Å². The third-order valence-corrected chi connectivity index (χ3v) is 5.27. The van der Waals surface area contributed by atoms with Gasteiger partial charge in [0.2, 0.25) is 5.28 Å². The molecule has 0 amide bonds. The van der Waals surface area contributed by atoms with Gasteiger partial charge in [-0.25, -0.2) is 13.6 Å². The standard InChI is InChI=1S/C20H21ClF2N8O3/c1-2-34-9-8-29-17-16(24-19(21)25-17)18(32)30(20(29)33)6-3-7-31-27-15(26-28-31)10-12-4-5-13(22)11-14(12)23/h4-5,11H,2-3,6-10H2,1H3,(H,24,25). The smallest absolute Gasteiger partial charge is 0.332 e. The zero-order chi connectivity index (χ0) is 24.2. The lowest BCUT2D eigenvalue weighted by Gasteiger charge is -2.11. The minimum absolute atomic E-state index is 0.00588. The van der Waals surface area contributed by atoms with E-state index in [4.69, 9.17) is 16.3 Å². The maximum absolute atomic E-state index is 13.8. The van der Waals surface area contributed by atoms with Gasteiger partial charge in [0.1, 0.15) is 11.6 Å². The average molecular weight is 495 g/mol. The summed E-state index contributed by atoms with van der Waals surface area (Å²) in [6.45, 7) is 3.14. The molecule has 0 unspecified atom stereocenters. The Labute approximate surface area is 195 Å². The highest BCUT2D eigenvalue weighted by Gasteiger charge is 2.17. The van der Waals surface area contributed by atoms with E-state index in [0.29, 0.717) is 13.0 Å². The van der Waals surface area contributed by atoms with E-state index in [0.717, 1.165) is 16.7 Å². The minimum Gasteiger partial charge on any atom is -0.380 e. The lowest BCUT2D eigenvalue weighted by molar-refractivity contribution is 0.138. The van der Waals surface area contributed by atoms with Gasteiger partial charge in [0.05, 0.1) is 19.7 Å². The number of ether oxygens (including phenoxy) is 1. The molecule has 11 nitrogen and oxygen atoms in total. The van der Waals surface area contributed by atoms with E-state index in [2.05, 4.69) is 25.4 Å². The van der Waals surface area contributed by atoms with E-state index in [9.17, 15) is 18.4 Å². The molecular formula is C20H21ClF2N8O3. The van der Waals surface area contributed by atoms with Crippen LogP contribution in [0.25, 0.3) is 11.2 Å². The average Bonchev–Trinajstić information content (AvgIpc) is 3.41. The lowest BCUT2D eigenvalue weighted by Crippen LogP contribution is -2.41. The molecule has 0 atom stereocenters. The minimum atomic E-state index is -0.689. The molecule has 0 spiro atoms. The number of benzene rings is 1. The number of aromatic amines is 1. The van der Waals surface area contributed by atoms with Gasteiger partial charge < -0.3 is 9.72 Å². The first kappa shape index (κ1) is 23.7. The number of H-pyrrole nitrogens is 1. The number of aromatic nitrogens is 8. The zero-order valence-corrected chi connectivity index (χ0v) is 18.9. The summed E-state index contributed by atoms with van der Waals surface area (Å²) in [6, 6.07) is 3.28. The van der Waals surface area contributed by atoms with Gasteiger partial charge in [0.25, 0.3) is 5.56 Å². The van der Waals surface area contributed by atoms with E-state index in [1.165, 1.54) is 15.4 Å². The molecule has 1 N–H and O–H groups in total. The van der Waals surface area contributed by atoms with Gasteiger partial charge in [-0.05, 0) is 41.8 Å². The largest absolute Gasteiger partial charge is 0.380 e. The summed E-state index contributed by atoms with van der Waals surface area (Å²) in [4.78, 5) is 33.8. The molecule has 0 saturated carbocycles. The number of imidazole rings is 1. The Morgan fingerprint density at radius 1 is 1.15 bits per heavy atom. The molecule has 0 aliphatic carbocycles. The molecule has 180 valence electrons. The Balaban J connectivity index is 1.47. The number of hydrogen-bond acceptors (Lipinski definition) is 7. The van der Waals surface area contributed by atoms with Crippen LogP contribution in [0.2, 0.25) is 5.28 Å². The number of rotatable bonds is 10. The number of aryl methyl sites for hydroxylation is 1. The zero-order valence-electron chi connectivity index (χ0n) is 18.2. The molecule has 4 rings (SSSR count). The molecule has 3 heterocycles. The summed E-state index contributed by atoms with van der Waals surface area (Å²) in [5.74, 6) is -1.10.